The molecule has 0 fully saturated rings. The minimum atomic E-state index is -4.47. The van der Waals surface area contributed by atoms with Gasteiger partial charge in [0.15, 0.2) is 17.8 Å². The van der Waals surface area contributed by atoms with Crippen molar-refractivity contribution < 1.29 is 22.1 Å². The van der Waals surface area contributed by atoms with Gasteiger partial charge in [-0.25, -0.2) is 0 Å². The van der Waals surface area contributed by atoms with Crippen LogP contribution in [-0.2, 0) is 8.92 Å². The van der Waals surface area contributed by atoms with Gasteiger partial charge in [-0.15, -0.1) is 0 Å². The minimum absolute atomic E-state index is 0.0534. The fourth-order valence-corrected chi connectivity index (χ4v) is 1.24. The molecule has 0 aromatic heterocycles. The molecule has 0 aliphatic carbocycles. The average molecular weight is 225 g/mol. The molecule has 3 nitrogen and oxygen atoms in total. The zero-order valence-corrected chi connectivity index (χ0v) is 7.91. The lowest BCUT2D eigenvalue weighted by molar-refractivity contribution is -0.0386. The van der Waals surface area contributed by atoms with E-state index < -0.39 is 23.7 Å². The molecule has 7 heteroatoms. The number of hydrogen-bond donors (Lipinski definition) is 0. The van der Waals surface area contributed by atoms with Crippen molar-refractivity contribution >= 4 is 12.0 Å². The fraction of sp³-hybridized carbons (Fsp3) is 0.571. The zero-order chi connectivity index (χ0) is 10.8. The van der Waals surface area contributed by atoms with Crippen molar-refractivity contribution in [1.82, 2.24) is 0 Å². The van der Waals surface area contributed by atoms with Gasteiger partial charge >= 0.3 is 5.51 Å². The molecule has 0 amide bonds. The first-order valence-corrected chi connectivity index (χ1v) is 4.35. The average Bonchev–Trinajstić information content (AvgIpc) is 2.41. The Bertz CT molecular complexity index is 294. The molecule has 0 bridgehead atoms. The molecular weight excluding hydrogens is 219 g/mol. The maximum Gasteiger partial charge on any atom is 0.479 e. The molecule has 1 unspecified atom stereocenters. The number of hydrogen-bond acceptors (Lipinski definition) is 4. The summed E-state index contributed by atoms with van der Waals surface area (Å²) >= 11 is -0.637. The maximum absolute atomic E-state index is 11.7. The second-order valence-corrected chi connectivity index (χ2v) is 3.31. The van der Waals surface area contributed by atoms with Crippen molar-refractivity contribution in [2.75, 3.05) is 6.61 Å². The molecule has 0 aromatic rings. The largest absolute Gasteiger partial charge is 0.479 e. The van der Waals surface area contributed by atoms with Crippen LogP contribution < -0.4 is 0 Å². The van der Waals surface area contributed by atoms with Crippen LogP contribution in [0.3, 0.4) is 0 Å². The van der Waals surface area contributed by atoms with E-state index in [4.69, 9.17) is 10.00 Å². The number of nitrogens with zero attached hydrogens (tertiary/aromatic N) is 1. The number of alkyl halides is 3. The molecule has 0 spiro atoms. The predicted molar refractivity (Wildman–Crippen MR) is 42.8 cm³/mol. The topological polar surface area (TPSA) is 42.2 Å². The minimum Gasteiger partial charge on any atom is -0.418 e. The quantitative estimate of drug-likeness (QED) is 0.676. The lowest BCUT2D eigenvalue weighted by Crippen LogP contribution is -2.02. The third kappa shape index (κ3) is 2.82. The normalized spacial score (nSPS) is 22.4. The standard InChI is InChI=1S/C7H6F3NO2S/c1-4-5(2-11)6(3-12-4)13-14-7(8,9)10/h4H,3H2,1H3. The summed E-state index contributed by atoms with van der Waals surface area (Å²) in [5.74, 6) is -0.0534. The monoisotopic (exact) mass is 225 g/mol. The summed E-state index contributed by atoms with van der Waals surface area (Å²) in [4.78, 5) is 0. The van der Waals surface area contributed by atoms with Crippen molar-refractivity contribution in [3.63, 3.8) is 0 Å². The van der Waals surface area contributed by atoms with Gasteiger partial charge in [-0.1, -0.05) is 0 Å². The molecule has 1 heterocycles. The third-order valence-electron chi connectivity index (χ3n) is 1.53. The number of ether oxygens (including phenoxy) is 1. The Hall–Kier alpha value is -0.870. The van der Waals surface area contributed by atoms with Crippen molar-refractivity contribution in [2.45, 2.75) is 18.5 Å². The summed E-state index contributed by atoms with van der Waals surface area (Å²) in [5, 5.41) is 8.58. The van der Waals surface area contributed by atoms with Gasteiger partial charge in [-0.05, 0) is 6.92 Å². The van der Waals surface area contributed by atoms with Crippen LogP contribution in [0.4, 0.5) is 13.2 Å². The van der Waals surface area contributed by atoms with Gasteiger partial charge in [0.05, 0.1) is 11.7 Å². The second-order valence-electron chi connectivity index (χ2n) is 2.51. The molecule has 78 valence electrons. The molecule has 0 radical (unpaired) electrons. The van der Waals surface area contributed by atoms with Crippen molar-refractivity contribution in [2.24, 2.45) is 0 Å². The lowest BCUT2D eigenvalue weighted by Gasteiger charge is -2.06. The van der Waals surface area contributed by atoms with Crippen LogP contribution in [0.2, 0.25) is 0 Å². The summed E-state index contributed by atoms with van der Waals surface area (Å²) in [7, 11) is 0. The SMILES string of the molecule is CC1OCC(OSC(F)(F)F)=C1C#N. The Labute approximate surface area is 82.7 Å². The highest BCUT2D eigenvalue weighted by Crippen LogP contribution is 2.35. The van der Waals surface area contributed by atoms with Crippen LogP contribution in [0.1, 0.15) is 6.92 Å². The van der Waals surface area contributed by atoms with Crippen molar-refractivity contribution in [3.8, 4) is 6.07 Å². The second kappa shape index (κ2) is 4.11. The van der Waals surface area contributed by atoms with E-state index in [1.807, 2.05) is 0 Å². The molecule has 1 aliphatic rings. The third-order valence-corrected chi connectivity index (χ3v) is 2.00. The highest BCUT2D eigenvalue weighted by molar-refractivity contribution is 7.95. The van der Waals surface area contributed by atoms with E-state index in [1.54, 1.807) is 13.0 Å². The predicted octanol–water partition coefficient (Wildman–Crippen LogP) is 2.37. The number of halogens is 3. The Kier molecular flexibility index (Phi) is 3.29. The molecule has 0 saturated carbocycles. The smallest absolute Gasteiger partial charge is 0.418 e. The van der Waals surface area contributed by atoms with E-state index in [0.717, 1.165) is 0 Å². The van der Waals surface area contributed by atoms with Crippen LogP contribution in [0.5, 0.6) is 0 Å². The van der Waals surface area contributed by atoms with E-state index in [0.29, 0.717) is 0 Å². The Balaban J connectivity index is 2.61. The van der Waals surface area contributed by atoms with E-state index in [9.17, 15) is 13.2 Å². The number of nitriles is 1. The van der Waals surface area contributed by atoms with E-state index in [1.165, 1.54) is 0 Å². The van der Waals surface area contributed by atoms with E-state index >= 15 is 0 Å². The van der Waals surface area contributed by atoms with Gasteiger partial charge in [-0.2, -0.15) is 18.4 Å². The van der Waals surface area contributed by atoms with Crippen LogP contribution in [0, 0.1) is 11.3 Å². The molecule has 1 atom stereocenters. The summed E-state index contributed by atoms with van der Waals surface area (Å²) < 4.78 is 44.5. The Morgan fingerprint density at radius 2 is 2.29 bits per heavy atom. The summed E-state index contributed by atoms with van der Waals surface area (Å²) in [5.41, 5.74) is -4.36. The van der Waals surface area contributed by atoms with Crippen LogP contribution in [0.25, 0.3) is 0 Å². The molecule has 1 aliphatic heterocycles. The van der Waals surface area contributed by atoms with Gasteiger partial charge in [-0.3, -0.25) is 0 Å². The zero-order valence-electron chi connectivity index (χ0n) is 7.09. The maximum atomic E-state index is 11.7. The van der Waals surface area contributed by atoms with Crippen LogP contribution >= 0.6 is 12.0 Å². The summed E-state index contributed by atoms with van der Waals surface area (Å²) in [6.45, 7) is 1.49. The van der Waals surface area contributed by atoms with Gasteiger partial charge in [0.2, 0.25) is 0 Å². The first kappa shape index (κ1) is 11.2. The highest BCUT2D eigenvalue weighted by Gasteiger charge is 2.34. The van der Waals surface area contributed by atoms with E-state index in [-0.39, 0.29) is 17.9 Å². The molecule has 1 rings (SSSR count). The molecular formula is C7H6F3NO2S. The summed E-state index contributed by atoms with van der Waals surface area (Å²) in [6, 6.07) is 1.75. The van der Waals surface area contributed by atoms with Crippen LogP contribution in [-0.4, -0.2) is 18.2 Å². The van der Waals surface area contributed by atoms with Crippen LogP contribution in [0.15, 0.2) is 11.3 Å². The first-order valence-electron chi connectivity index (χ1n) is 3.61. The molecule has 14 heavy (non-hydrogen) atoms. The fourth-order valence-electron chi connectivity index (χ4n) is 0.908. The number of rotatable bonds is 2. The van der Waals surface area contributed by atoms with Crippen molar-refractivity contribution in [3.05, 3.63) is 11.3 Å². The first-order chi connectivity index (χ1) is 6.44. The van der Waals surface area contributed by atoms with Gasteiger partial charge < -0.3 is 8.92 Å². The van der Waals surface area contributed by atoms with E-state index in [2.05, 4.69) is 4.18 Å². The molecule has 0 saturated heterocycles. The van der Waals surface area contributed by atoms with Gasteiger partial charge in [0, 0.05) is 0 Å². The van der Waals surface area contributed by atoms with Gasteiger partial charge in [0.1, 0.15) is 12.7 Å². The van der Waals surface area contributed by atoms with Gasteiger partial charge in [0.25, 0.3) is 0 Å². The van der Waals surface area contributed by atoms with Crippen molar-refractivity contribution in [1.29, 1.82) is 5.26 Å². The summed E-state index contributed by atoms with van der Waals surface area (Å²) in [6.07, 6.45) is -0.496. The molecule has 0 N–H and O–H groups in total. The Morgan fingerprint density at radius 3 is 2.79 bits per heavy atom. The lowest BCUT2D eigenvalue weighted by atomic mass is 10.2. The Morgan fingerprint density at radius 1 is 1.64 bits per heavy atom. The molecule has 0 aromatic carbocycles. The highest BCUT2D eigenvalue weighted by atomic mass is 32.2.